The number of carbonyl (C=O) groups excluding carboxylic acids is 3. The normalized spacial score (nSPS) is 13.2. The van der Waals surface area contributed by atoms with Gasteiger partial charge in [-0.15, -0.1) is 0 Å². The van der Waals surface area contributed by atoms with Gasteiger partial charge in [0.2, 0.25) is 0 Å². The summed E-state index contributed by atoms with van der Waals surface area (Å²) in [5.41, 5.74) is 0. The maximum atomic E-state index is 12.9. The van der Waals surface area contributed by atoms with E-state index in [9.17, 15) is 14.4 Å². The van der Waals surface area contributed by atoms with Gasteiger partial charge in [-0.25, -0.2) is 0 Å². The summed E-state index contributed by atoms with van der Waals surface area (Å²) in [7, 11) is 0. The standard InChI is InChI=1S/C65H102O6/c1-4-7-10-13-16-19-22-25-28-31-32-35-37-40-43-46-49-52-55-58-64(67)70-61-62(71-65(68)59-56-53-50-47-44-41-38-34-30-27-24-21-18-15-12-9-6-3)60-69-63(66)57-54-51-48-45-42-39-36-33-29-26-23-20-17-14-11-8-5-2/h8,11,16-21,25-30,32,35-36,38-41,43,45,48,62H,4-7,9-10,12-15,22-24,31,33-34,37,42,44,46-47,49-61H2,1-3H3/b11-8-,19-16-,20-17-,21-18-,28-25-,29-26-,30-27-,35-32-,39-36-,41-38-,43-40-,48-45-/t62-/m1/s1. The highest BCUT2D eigenvalue weighted by Crippen LogP contribution is 2.11. The molecule has 1 atom stereocenters. The molecule has 71 heavy (non-hydrogen) atoms. The molecule has 0 spiro atoms. The molecular formula is C65H102O6. The van der Waals surface area contributed by atoms with Crippen molar-refractivity contribution in [1.29, 1.82) is 0 Å². The third-order valence-corrected chi connectivity index (χ3v) is 11.3. The highest BCUT2D eigenvalue weighted by atomic mass is 16.6. The molecule has 0 aromatic heterocycles. The number of rotatable bonds is 49. The molecule has 0 aliphatic rings. The summed E-state index contributed by atoms with van der Waals surface area (Å²) in [5.74, 6) is -1.04. The fourth-order valence-electron chi connectivity index (χ4n) is 7.05. The van der Waals surface area contributed by atoms with Crippen LogP contribution in [0.2, 0.25) is 0 Å². The van der Waals surface area contributed by atoms with Crippen LogP contribution in [0.5, 0.6) is 0 Å². The van der Waals surface area contributed by atoms with Crippen LogP contribution >= 0.6 is 0 Å². The molecule has 0 saturated carbocycles. The molecule has 6 heteroatoms. The van der Waals surface area contributed by atoms with E-state index < -0.39 is 6.10 Å². The minimum atomic E-state index is -0.833. The van der Waals surface area contributed by atoms with E-state index in [0.29, 0.717) is 12.8 Å². The van der Waals surface area contributed by atoms with Gasteiger partial charge in [-0.05, 0) is 141 Å². The lowest BCUT2D eigenvalue weighted by atomic mass is 10.1. The Morgan fingerprint density at radius 1 is 0.296 bits per heavy atom. The van der Waals surface area contributed by atoms with Crippen molar-refractivity contribution in [3.63, 3.8) is 0 Å². The van der Waals surface area contributed by atoms with Gasteiger partial charge in [0.15, 0.2) is 6.10 Å². The van der Waals surface area contributed by atoms with Crippen molar-refractivity contribution in [2.75, 3.05) is 13.2 Å². The topological polar surface area (TPSA) is 78.9 Å². The minimum Gasteiger partial charge on any atom is -0.462 e. The first-order chi connectivity index (χ1) is 35.0. The van der Waals surface area contributed by atoms with E-state index in [4.69, 9.17) is 14.2 Å². The molecular weight excluding hydrogens is 877 g/mol. The molecule has 0 heterocycles. The molecule has 0 saturated heterocycles. The maximum Gasteiger partial charge on any atom is 0.306 e. The van der Waals surface area contributed by atoms with Crippen LogP contribution in [0.15, 0.2) is 146 Å². The molecule has 0 aromatic carbocycles. The summed E-state index contributed by atoms with van der Waals surface area (Å²) in [6.45, 7) is 6.36. The molecule has 0 amide bonds. The average molecular weight is 980 g/mol. The van der Waals surface area contributed by atoms with Gasteiger partial charge in [0.1, 0.15) is 13.2 Å². The zero-order chi connectivity index (χ0) is 51.4. The van der Waals surface area contributed by atoms with Gasteiger partial charge < -0.3 is 14.2 Å². The van der Waals surface area contributed by atoms with Crippen LogP contribution in [0.4, 0.5) is 0 Å². The first-order valence-electron chi connectivity index (χ1n) is 28.3. The second kappa shape index (κ2) is 57.9. The Labute approximate surface area is 436 Å². The van der Waals surface area contributed by atoms with E-state index >= 15 is 0 Å². The Kier molecular flexibility index (Phi) is 54.0. The predicted octanol–water partition coefficient (Wildman–Crippen LogP) is 19.2. The summed E-state index contributed by atoms with van der Waals surface area (Å²) in [4.78, 5) is 38.1. The number of unbranched alkanes of at least 4 members (excludes halogenated alkanes) is 14. The maximum absolute atomic E-state index is 12.9. The number of esters is 3. The van der Waals surface area contributed by atoms with E-state index in [-0.39, 0.29) is 44.0 Å². The summed E-state index contributed by atoms with van der Waals surface area (Å²) in [6.07, 6.45) is 82.6. The lowest BCUT2D eigenvalue weighted by Crippen LogP contribution is -2.30. The second-order valence-electron chi connectivity index (χ2n) is 18.1. The highest BCUT2D eigenvalue weighted by Gasteiger charge is 2.19. The molecule has 0 rings (SSSR count). The van der Waals surface area contributed by atoms with Gasteiger partial charge in [0.25, 0.3) is 0 Å². The molecule has 0 aromatic rings. The van der Waals surface area contributed by atoms with Crippen LogP contribution in [0.3, 0.4) is 0 Å². The van der Waals surface area contributed by atoms with Gasteiger partial charge in [-0.2, -0.15) is 0 Å². The van der Waals surface area contributed by atoms with E-state index in [1.54, 1.807) is 0 Å². The molecule has 0 bridgehead atoms. The Balaban J connectivity index is 4.61. The van der Waals surface area contributed by atoms with Crippen molar-refractivity contribution in [2.24, 2.45) is 0 Å². The van der Waals surface area contributed by atoms with Crippen LogP contribution in [-0.2, 0) is 28.6 Å². The van der Waals surface area contributed by atoms with Crippen LogP contribution in [0.1, 0.15) is 226 Å². The lowest BCUT2D eigenvalue weighted by Gasteiger charge is -2.18. The molecule has 0 unspecified atom stereocenters. The van der Waals surface area contributed by atoms with E-state index in [0.717, 1.165) is 128 Å². The Morgan fingerprint density at radius 3 is 0.915 bits per heavy atom. The fourth-order valence-corrected chi connectivity index (χ4v) is 7.05. The summed E-state index contributed by atoms with van der Waals surface area (Å²) >= 11 is 0. The van der Waals surface area contributed by atoms with Crippen LogP contribution < -0.4 is 0 Å². The predicted molar refractivity (Wildman–Crippen MR) is 306 cm³/mol. The Morgan fingerprint density at radius 2 is 0.563 bits per heavy atom. The zero-order valence-electron chi connectivity index (χ0n) is 45.4. The number of hydrogen-bond donors (Lipinski definition) is 0. The molecule has 0 N–H and O–H groups in total. The number of ether oxygens (including phenoxy) is 3. The molecule has 0 fully saturated rings. The molecule has 0 aliphatic heterocycles. The van der Waals surface area contributed by atoms with Gasteiger partial charge in [0, 0.05) is 19.3 Å². The van der Waals surface area contributed by atoms with Crippen LogP contribution in [-0.4, -0.2) is 37.2 Å². The monoisotopic (exact) mass is 979 g/mol. The quantitative estimate of drug-likeness (QED) is 0.0262. The van der Waals surface area contributed by atoms with Crippen LogP contribution in [0, 0.1) is 0 Å². The molecule has 6 nitrogen and oxygen atoms in total. The van der Waals surface area contributed by atoms with Crippen molar-refractivity contribution in [3.05, 3.63) is 146 Å². The average Bonchev–Trinajstić information content (AvgIpc) is 3.37. The van der Waals surface area contributed by atoms with E-state index in [1.807, 2.05) is 0 Å². The molecule has 0 radical (unpaired) electrons. The SMILES string of the molecule is CC/C=C\C/C=C\C/C=C\C/C=C\C/C=C\CCCC(=O)OC[C@H](COC(=O)CCCCC/C=C\C/C=C\C/C=C\C/C=C\CCCCC)OC(=O)CCCCCC/C=C\C/C=C\C/C=C\CCCCC. The first kappa shape index (κ1) is 66.3. The summed E-state index contributed by atoms with van der Waals surface area (Å²) < 4.78 is 16.8. The molecule has 0 aliphatic carbocycles. The Hall–Kier alpha value is -4.71. The fraction of sp³-hybridized carbons (Fsp3) is 0.585. The third-order valence-electron chi connectivity index (χ3n) is 11.3. The summed E-state index contributed by atoms with van der Waals surface area (Å²) in [5, 5.41) is 0. The van der Waals surface area contributed by atoms with E-state index in [1.165, 1.54) is 51.4 Å². The van der Waals surface area contributed by atoms with Crippen molar-refractivity contribution in [2.45, 2.75) is 232 Å². The van der Waals surface area contributed by atoms with Crippen molar-refractivity contribution in [1.82, 2.24) is 0 Å². The number of allylic oxidation sites excluding steroid dienone is 24. The van der Waals surface area contributed by atoms with Crippen molar-refractivity contribution in [3.8, 4) is 0 Å². The smallest absolute Gasteiger partial charge is 0.306 e. The van der Waals surface area contributed by atoms with E-state index in [2.05, 4.69) is 167 Å². The minimum absolute atomic E-state index is 0.128. The largest absolute Gasteiger partial charge is 0.462 e. The van der Waals surface area contributed by atoms with Crippen LogP contribution in [0.25, 0.3) is 0 Å². The molecule has 398 valence electrons. The number of carbonyl (C=O) groups is 3. The number of hydrogen-bond acceptors (Lipinski definition) is 6. The van der Waals surface area contributed by atoms with Gasteiger partial charge in [0.05, 0.1) is 0 Å². The highest BCUT2D eigenvalue weighted by molar-refractivity contribution is 5.71. The first-order valence-corrected chi connectivity index (χ1v) is 28.3. The van der Waals surface area contributed by atoms with Gasteiger partial charge in [-0.1, -0.05) is 212 Å². The van der Waals surface area contributed by atoms with Crippen molar-refractivity contribution < 1.29 is 28.6 Å². The second-order valence-corrected chi connectivity index (χ2v) is 18.1. The third kappa shape index (κ3) is 56.1. The van der Waals surface area contributed by atoms with Gasteiger partial charge >= 0.3 is 17.9 Å². The lowest BCUT2D eigenvalue weighted by molar-refractivity contribution is -0.167. The zero-order valence-corrected chi connectivity index (χ0v) is 45.4. The van der Waals surface area contributed by atoms with Crippen molar-refractivity contribution >= 4 is 17.9 Å². The van der Waals surface area contributed by atoms with Gasteiger partial charge in [-0.3, -0.25) is 14.4 Å². The summed E-state index contributed by atoms with van der Waals surface area (Å²) in [6, 6.07) is 0. The Bertz CT molecular complexity index is 1590.